The van der Waals surface area contributed by atoms with Crippen molar-refractivity contribution in [2.24, 2.45) is 0 Å². The molecule has 0 spiro atoms. The third kappa shape index (κ3) is 2.91. The lowest BCUT2D eigenvalue weighted by Gasteiger charge is -2.09. The van der Waals surface area contributed by atoms with Crippen molar-refractivity contribution >= 4 is 23.2 Å². The van der Waals surface area contributed by atoms with E-state index in [9.17, 15) is 0 Å². The van der Waals surface area contributed by atoms with Crippen LogP contribution in [0.25, 0.3) is 5.65 Å². The molecule has 0 aliphatic heterocycles. The molecule has 4 nitrogen and oxygen atoms in total. The smallest absolute Gasteiger partial charge is 0.157 e. The number of hydrogen-bond acceptors (Lipinski definition) is 4. The maximum atomic E-state index is 4.52. The molecular weight excluding hydrogens is 232 g/mol. The molecule has 2 aromatic rings. The summed E-state index contributed by atoms with van der Waals surface area (Å²) in [4.78, 5) is 4.52. The number of aryl methyl sites for hydroxylation is 1. The Morgan fingerprint density at radius 2 is 2.35 bits per heavy atom. The molecule has 0 radical (unpaired) electrons. The summed E-state index contributed by atoms with van der Waals surface area (Å²) < 4.78 is 1.86. The summed E-state index contributed by atoms with van der Waals surface area (Å²) >= 11 is 1.87. The monoisotopic (exact) mass is 250 g/mol. The van der Waals surface area contributed by atoms with Crippen LogP contribution >= 0.6 is 11.8 Å². The predicted octanol–water partition coefficient (Wildman–Crippen LogP) is 2.46. The van der Waals surface area contributed by atoms with Gasteiger partial charge in [0.05, 0.1) is 6.20 Å². The van der Waals surface area contributed by atoms with Crippen LogP contribution in [-0.2, 0) is 6.42 Å². The van der Waals surface area contributed by atoms with E-state index in [0.29, 0.717) is 0 Å². The van der Waals surface area contributed by atoms with Gasteiger partial charge in [-0.25, -0.2) is 4.98 Å². The summed E-state index contributed by atoms with van der Waals surface area (Å²) in [6, 6.07) is 4.02. The zero-order chi connectivity index (χ0) is 12.1. The molecule has 0 atom stereocenters. The molecule has 17 heavy (non-hydrogen) atoms. The van der Waals surface area contributed by atoms with Crippen molar-refractivity contribution in [2.75, 3.05) is 23.9 Å². The lowest BCUT2D eigenvalue weighted by molar-refractivity contribution is 0.889. The molecule has 2 rings (SSSR count). The van der Waals surface area contributed by atoms with Gasteiger partial charge in [-0.2, -0.15) is 21.4 Å². The second kappa shape index (κ2) is 5.91. The number of nitrogens with zero attached hydrogens (tertiary/aromatic N) is 3. The third-order valence-corrected chi connectivity index (χ3v) is 3.30. The average molecular weight is 250 g/mol. The van der Waals surface area contributed by atoms with E-state index in [1.54, 1.807) is 6.20 Å². The largest absolute Gasteiger partial charge is 0.370 e. The summed E-state index contributed by atoms with van der Waals surface area (Å²) in [7, 11) is 0. The Morgan fingerprint density at radius 3 is 3.12 bits per heavy atom. The van der Waals surface area contributed by atoms with Gasteiger partial charge in [-0.15, -0.1) is 0 Å². The Kier molecular flexibility index (Phi) is 4.25. The van der Waals surface area contributed by atoms with E-state index >= 15 is 0 Å². The van der Waals surface area contributed by atoms with Gasteiger partial charge in [0.25, 0.3) is 0 Å². The normalized spacial score (nSPS) is 10.9. The highest BCUT2D eigenvalue weighted by molar-refractivity contribution is 7.98. The number of rotatable bonds is 6. The van der Waals surface area contributed by atoms with Crippen LogP contribution in [0.4, 0.5) is 5.82 Å². The fraction of sp³-hybridized carbons (Fsp3) is 0.500. The van der Waals surface area contributed by atoms with Crippen molar-refractivity contribution in [1.29, 1.82) is 0 Å². The van der Waals surface area contributed by atoms with Crippen molar-refractivity contribution in [2.45, 2.75) is 19.8 Å². The van der Waals surface area contributed by atoms with Crippen molar-refractivity contribution in [1.82, 2.24) is 14.6 Å². The first-order valence-corrected chi connectivity index (χ1v) is 7.31. The fourth-order valence-electron chi connectivity index (χ4n) is 1.71. The SMILES string of the molecule is CCc1cc(NCCCSC)n2nccc2n1. The van der Waals surface area contributed by atoms with Gasteiger partial charge < -0.3 is 5.32 Å². The Bertz CT molecular complexity index is 480. The molecule has 1 N–H and O–H groups in total. The molecule has 0 aromatic carbocycles. The molecule has 0 aliphatic carbocycles. The molecule has 0 saturated heterocycles. The predicted molar refractivity (Wildman–Crippen MR) is 73.9 cm³/mol. The zero-order valence-electron chi connectivity index (χ0n) is 10.3. The van der Waals surface area contributed by atoms with E-state index < -0.39 is 0 Å². The van der Waals surface area contributed by atoms with Crippen molar-refractivity contribution in [3.63, 3.8) is 0 Å². The van der Waals surface area contributed by atoms with Crippen LogP contribution in [0.15, 0.2) is 18.3 Å². The Morgan fingerprint density at radius 1 is 1.47 bits per heavy atom. The molecule has 2 heterocycles. The summed E-state index contributed by atoms with van der Waals surface area (Å²) in [6.07, 6.45) is 6.02. The van der Waals surface area contributed by atoms with Gasteiger partial charge in [0.1, 0.15) is 5.82 Å². The van der Waals surface area contributed by atoms with Gasteiger partial charge in [-0.05, 0) is 24.9 Å². The van der Waals surface area contributed by atoms with Gasteiger partial charge >= 0.3 is 0 Å². The van der Waals surface area contributed by atoms with Crippen LogP contribution in [0.3, 0.4) is 0 Å². The van der Waals surface area contributed by atoms with E-state index in [1.165, 1.54) is 5.75 Å². The molecule has 0 aliphatic rings. The number of nitrogens with one attached hydrogen (secondary N) is 1. The lowest BCUT2D eigenvalue weighted by atomic mass is 10.3. The summed E-state index contributed by atoms with van der Waals surface area (Å²) in [6.45, 7) is 3.09. The summed E-state index contributed by atoms with van der Waals surface area (Å²) in [5.41, 5.74) is 2.02. The zero-order valence-corrected chi connectivity index (χ0v) is 11.1. The van der Waals surface area contributed by atoms with E-state index in [-0.39, 0.29) is 0 Å². The van der Waals surface area contributed by atoms with Crippen LogP contribution in [0.1, 0.15) is 19.0 Å². The molecular formula is C12H18N4S. The standard InChI is InChI=1S/C12H18N4S/c1-3-10-9-12(13-6-4-8-17-2)16-11(15-10)5-7-14-16/h5,7,9,13H,3-4,6,8H2,1-2H3. The highest BCUT2D eigenvalue weighted by Crippen LogP contribution is 2.12. The van der Waals surface area contributed by atoms with Crippen molar-refractivity contribution in [3.8, 4) is 0 Å². The molecule has 0 bridgehead atoms. The second-order valence-corrected chi connectivity index (χ2v) is 4.85. The van der Waals surface area contributed by atoms with Crippen molar-refractivity contribution < 1.29 is 0 Å². The molecule has 0 amide bonds. The Hall–Kier alpha value is -1.23. The quantitative estimate of drug-likeness (QED) is 0.800. The molecule has 0 saturated carbocycles. The van der Waals surface area contributed by atoms with Gasteiger partial charge in [0.15, 0.2) is 5.65 Å². The fourth-order valence-corrected chi connectivity index (χ4v) is 2.14. The summed E-state index contributed by atoms with van der Waals surface area (Å²) in [5, 5.41) is 7.71. The minimum absolute atomic E-state index is 0.914. The number of anilines is 1. The van der Waals surface area contributed by atoms with Gasteiger partial charge in [-0.3, -0.25) is 0 Å². The molecule has 0 unspecified atom stereocenters. The van der Waals surface area contributed by atoms with Crippen LogP contribution in [0.5, 0.6) is 0 Å². The number of fused-ring (bicyclic) bond motifs is 1. The molecule has 0 fully saturated rings. The summed E-state index contributed by atoms with van der Waals surface area (Å²) in [5.74, 6) is 2.22. The maximum Gasteiger partial charge on any atom is 0.157 e. The number of aromatic nitrogens is 3. The van der Waals surface area contributed by atoms with E-state index in [0.717, 1.165) is 36.5 Å². The average Bonchev–Trinajstić information content (AvgIpc) is 2.82. The first-order chi connectivity index (χ1) is 8.35. The highest BCUT2D eigenvalue weighted by atomic mass is 32.2. The molecule has 2 aromatic heterocycles. The van der Waals surface area contributed by atoms with Gasteiger partial charge in [0, 0.05) is 24.4 Å². The van der Waals surface area contributed by atoms with Gasteiger partial charge in [-0.1, -0.05) is 6.92 Å². The van der Waals surface area contributed by atoms with Crippen LogP contribution in [0, 0.1) is 0 Å². The first-order valence-electron chi connectivity index (χ1n) is 5.91. The maximum absolute atomic E-state index is 4.52. The molecule has 92 valence electrons. The van der Waals surface area contributed by atoms with Crippen molar-refractivity contribution in [3.05, 3.63) is 24.0 Å². The minimum atomic E-state index is 0.914. The second-order valence-electron chi connectivity index (χ2n) is 3.86. The third-order valence-electron chi connectivity index (χ3n) is 2.61. The van der Waals surface area contributed by atoms with Crippen LogP contribution in [0.2, 0.25) is 0 Å². The van der Waals surface area contributed by atoms with E-state index in [1.807, 2.05) is 22.3 Å². The minimum Gasteiger partial charge on any atom is -0.370 e. The van der Waals surface area contributed by atoms with E-state index in [4.69, 9.17) is 0 Å². The molecule has 5 heteroatoms. The number of thioether (sulfide) groups is 1. The first kappa shape index (κ1) is 12.2. The van der Waals surface area contributed by atoms with Gasteiger partial charge in [0.2, 0.25) is 0 Å². The van der Waals surface area contributed by atoms with Crippen LogP contribution in [-0.4, -0.2) is 33.2 Å². The van der Waals surface area contributed by atoms with Crippen LogP contribution < -0.4 is 5.32 Å². The highest BCUT2D eigenvalue weighted by Gasteiger charge is 2.04. The Labute approximate surface area is 106 Å². The lowest BCUT2D eigenvalue weighted by Crippen LogP contribution is -2.09. The number of hydrogen-bond donors (Lipinski definition) is 1. The van der Waals surface area contributed by atoms with E-state index in [2.05, 4.69) is 34.6 Å². The Balaban J connectivity index is 2.16. The topological polar surface area (TPSA) is 42.2 Å².